The Morgan fingerprint density at radius 2 is 1.89 bits per heavy atom. The van der Waals surface area contributed by atoms with Gasteiger partial charge in [0.25, 0.3) is 0 Å². The Balaban J connectivity index is 0. The molecule has 0 aliphatic rings. The molecule has 1 unspecified atom stereocenters. The van der Waals surface area contributed by atoms with Crippen LogP contribution >= 0.6 is 24.8 Å². The predicted octanol–water partition coefficient (Wildman–Crippen LogP) is 1.60. The molecule has 0 saturated heterocycles. The molecule has 1 aromatic carbocycles. The number of aliphatic hydroxyl groups excluding tert-OH is 1. The third kappa shape index (κ3) is 9.99. The summed E-state index contributed by atoms with van der Waals surface area (Å²) < 4.78 is 5.16. The Kier molecular flexibility index (Phi) is 13.7. The number of hydrogen-bond donors (Lipinski definition) is 3. The lowest BCUT2D eigenvalue weighted by Gasteiger charge is -2.08. The first-order chi connectivity index (χ1) is 8.22. The van der Waals surface area contributed by atoms with Crippen LogP contribution in [0, 0.1) is 0 Å². The molecule has 1 aromatic rings. The third-order valence-corrected chi connectivity index (χ3v) is 2.38. The van der Waals surface area contributed by atoms with Gasteiger partial charge in [-0.1, -0.05) is 12.1 Å². The molecule has 0 radical (unpaired) electrons. The summed E-state index contributed by atoms with van der Waals surface area (Å²) in [4.78, 5) is 0. The lowest BCUT2D eigenvalue weighted by atomic mass is 10.2. The fourth-order valence-electron chi connectivity index (χ4n) is 1.50. The van der Waals surface area contributed by atoms with Crippen LogP contribution < -0.4 is 15.4 Å². The minimum atomic E-state index is -0.284. The molecule has 0 aliphatic heterocycles. The number of methoxy groups -OCH3 is 1. The van der Waals surface area contributed by atoms with Crippen LogP contribution in [0.2, 0.25) is 0 Å². The Bertz CT molecular complexity index is 325. The van der Waals surface area contributed by atoms with Gasteiger partial charge in [-0.2, -0.15) is 0 Å². The number of halogens is 2. The lowest BCUT2D eigenvalue weighted by Crippen LogP contribution is -2.31. The number of ether oxygens (including phenoxy) is 1. The average Bonchev–Trinajstić information content (AvgIpc) is 2.33. The summed E-state index contributed by atoms with van der Waals surface area (Å²) in [6.45, 7) is 4.98. The van der Waals surface area contributed by atoms with Gasteiger partial charge < -0.3 is 20.5 Å². The maximum atomic E-state index is 9.05. The van der Waals surface area contributed by atoms with Crippen molar-refractivity contribution in [1.82, 2.24) is 10.6 Å². The standard InChI is InChI=1S/C13H22N2O2.2ClH/c1-11(16)9-14-6-7-15-10-12-4-3-5-13(8-12)17-2;;/h3-5,8,11,14-16H,6-7,9-10H2,1-2H3;2*1H. The summed E-state index contributed by atoms with van der Waals surface area (Å²) in [5.41, 5.74) is 1.21. The SMILES string of the molecule is COc1cccc(CNCCNCC(C)O)c1.Cl.Cl. The minimum absolute atomic E-state index is 0. The normalized spacial score (nSPS) is 11.1. The molecule has 4 nitrogen and oxygen atoms in total. The topological polar surface area (TPSA) is 53.5 Å². The molecule has 0 fully saturated rings. The highest BCUT2D eigenvalue weighted by atomic mass is 35.5. The van der Waals surface area contributed by atoms with Crippen molar-refractivity contribution < 1.29 is 9.84 Å². The summed E-state index contributed by atoms with van der Waals surface area (Å²) in [6, 6.07) is 8.02. The summed E-state index contributed by atoms with van der Waals surface area (Å²) in [5, 5.41) is 15.5. The highest BCUT2D eigenvalue weighted by molar-refractivity contribution is 5.85. The molecule has 0 bridgehead atoms. The largest absolute Gasteiger partial charge is 0.497 e. The number of nitrogens with one attached hydrogen (secondary N) is 2. The third-order valence-electron chi connectivity index (χ3n) is 2.38. The molecule has 3 N–H and O–H groups in total. The monoisotopic (exact) mass is 310 g/mol. The second-order valence-corrected chi connectivity index (χ2v) is 4.08. The molecule has 0 aromatic heterocycles. The lowest BCUT2D eigenvalue weighted by molar-refractivity contribution is 0.191. The number of benzene rings is 1. The Labute approximate surface area is 127 Å². The highest BCUT2D eigenvalue weighted by Gasteiger charge is 1.96. The zero-order valence-electron chi connectivity index (χ0n) is 11.4. The van der Waals surface area contributed by atoms with E-state index in [-0.39, 0.29) is 30.9 Å². The van der Waals surface area contributed by atoms with Crippen molar-refractivity contribution >= 4 is 24.8 Å². The fraction of sp³-hybridized carbons (Fsp3) is 0.538. The van der Waals surface area contributed by atoms with Gasteiger partial charge in [0.15, 0.2) is 0 Å². The van der Waals surface area contributed by atoms with E-state index < -0.39 is 0 Å². The van der Waals surface area contributed by atoms with Crippen molar-refractivity contribution in [2.75, 3.05) is 26.7 Å². The van der Waals surface area contributed by atoms with Gasteiger partial charge in [0, 0.05) is 26.2 Å². The smallest absolute Gasteiger partial charge is 0.119 e. The zero-order valence-corrected chi connectivity index (χ0v) is 13.0. The second-order valence-electron chi connectivity index (χ2n) is 4.08. The van der Waals surface area contributed by atoms with E-state index in [0.717, 1.165) is 25.4 Å². The van der Waals surface area contributed by atoms with E-state index in [9.17, 15) is 0 Å². The van der Waals surface area contributed by atoms with Crippen LogP contribution in [-0.4, -0.2) is 38.0 Å². The van der Waals surface area contributed by atoms with Crippen LogP contribution in [0.5, 0.6) is 5.75 Å². The van der Waals surface area contributed by atoms with Crippen molar-refractivity contribution in [2.24, 2.45) is 0 Å². The van der Waals surface area contributed by atoms with E-state index in [4.69, 9.17) is 9.84 Å². The van der Waals surface area contributed by atoms with Crippen LogP contribution in [-0.2, 0) is 6.54 Å². The average molecular weight is 311 g/mol. The molecule has 0 amide bonds. The quantitative estimate of drug-likeness (QED) is 0.638. The van der Waals surface area contributed by atoms with Gasteiger partial charge in [0.2, 0.25) is 0 Å². The van der Waals surface area contributed by atoms with Gasteiger partial charge in [0.05, 0.1) is 13.2 Å². The Morgan fingerprint density at radius 3 is 2.53 bits per heavy atom. The summed E-state index contributed by atoms with van der Waals surface area (Å²) in [6.07, 6.45) is -0.284. The predicted molar refractivity (Wildman–Crippen MR) is 83.7 cm³/mol. The maximum Gasteiger partial charge on any atom is 0.119 e. The van der Waals surface area contributed by atoms with E-state index in [1.807, 2.05) is 18.2 Å². The van der Waals surface area contributed by atoms with E-state index in [1.54, 1.807) is 14.0 Å². The number of aliphatic hydroxyl groups is 1. The first kappa shape index (κ1) is 20.8. The van der Waals surface area contributed by atoms with Gasteiger partial charge in [-0.05, 0) is 24.6 Å². The van der Waals surface area contributed by atoms with E-state index in [2.05, 4.69) is 16.7 Å². The molecule has 0 heterocycles. The van der Waals surface area contributed by atoms with E-state index in [0.29, 0.717) is 6.54 Å². The molecular weight excluding hydrogens is 287 g/mol. The van der Waals surface area contributed by atoms with Crippen molar-refractivity contribution in [1.29, 1.82) is 0 Å². The summed E-state index contributed by atoms with van der Waals surface area (Å²) >= 11 is 0. The maximum absolute atomic E-state index is 9.05. The van der Waals surface area contributed by atoms with E-state index >= 15 is 0 Å². The molecular formula is C13H24Cl2N2O2. The molecule has 1 atom stereocenters. The second kappa shape index (κ2) is 12.5. The molecule has 0 saturated carbocycles. The zero-order chi connectivity index (χ0) is 12.5. The van der Waals surface area contributed by atoms with E-state index in [1.165, 1.54) is 5.56 Å². The van der Waals surface area contributed by atoms with Crippen molar-refractivity contribution in [3.8, 4) is 5.75 Å². The van der Waals surface area contributed by atoms with Crippen molar-refractivity contribution in [3.63, 3.8) is 0 Å². The molecule has 19 heavy (non-hydrogen) atoms. The van der Waals surface area contributed by atoms with Gasteiger partial charge >= 0.3 is 0 Å². The van der Waals surface area contributed by atoms with Gasteiger partial charge in [-0.15, -0.1) is 24.8 Å². The molecule has 1 rings (SSSR count). The van der Waals surface area contributed by atoms with Gasteiger partial charge in [0.1, 0.15) is 5.75 Å². The molecule has 0 aliphatic carbocycles. The Morgan fingerprint density at radius 1 is 1.21 bits per heavy atom. The first-order valence-corrected chi connectivity index (χ1v) is 5.95. The highest BCUT2D eigenvalue weighted by Crippen LogP contribution is 2.11. The van der Waals surface area contributed by atoms with Crippen LogP contribution in [0.4, 0.5) is 0 Å². The van der Waals surface area contributed by atoms with Crippen LogP contribution in [0.15, 0.2) is 24.3 Å². The number of hydrogen-bond acceptors (Lipinski definition) is 4. The fourth-order valence-corrected chi connectivity index (χ4v) is 1.50. The summed E-state index contributed by atoms with van der Waals surface area (Å²) in [5.74, 6) is 0.886. The van der Waals surface area contributed by atoms with Crippen molar-refractivity contribution in [3.05, 3.63) is 29.8 Å². The molecule has 0 spiro atoms. The Hall–Kier alpha value is -0.520. The van der Waals surface area contributed by atoms with Crippen LogP contribution in [0.1, 0.15) is 12.5 Å². The van der Waals surface area contributed by atoms with Crippen LogP contribution in [0.25, 0.3) is 0 Å². The van der Waals surface area contributed by atoms with Gasteiger partial charge in [-0.25, -0.2) is 0 Å². The van der Waals surface area contributed by atoms with Crippen molar-refractivity contribution in [2.45, 2.75) is 19.6 Å². The minimum Gasteiger partial charge on any atom is -0.497 e. The molecule has 112 valence electrons. The number of rotatable bonds is 8. The van der Waals surface area contributed by atoms with Crippen LogP contribution in [0.3, 0.4) is 0 Å². The molecule has 6 heteroatoms. The van der Waals surface area contributed by atoms with Gasteiger partial charge in [-0.3, -0.25) is 0 Å². The summed E-state index contributed by atoms with van der Waals surface area (Å²) in [7, 11) is 1.67. The first-order valence-electron chi connectivity index (χ1n) is 5.95.